The number of hydrogen-bond acceptors (Lipinski definition) is 14. The molecular formula is C12H26O18P2. The first-order valence-corrected chi connectivity index (χ1v) is 10.9. The van der Waals surface area contributed by atoms with Crippen LogP contribution in [0.15, 0.2) is 0 Å². The molecule has 0 saturated carbocycles. The van der Waals surface area contributed by atoms with Gasteiger partial charge in [0.05, 0.1) is 19.8 Å². The number of carbonyl (C=O) groups is 3. The van der Waals surface area contributed by atoms with Gasteiger partial charge in [0.25, 0.3) is 0 Å². The second kappa shape index (κ2) is 17.4. The van der Waals surface area contributed by atoms with E-state index in [1.54, 1.807) is 0 Å². The highest BCUT2D eigenvalue weighted by molar-refractivity contribution is 7.46. The summed E-state index contributed by atoms with van der Waals surface area (Å²) in [6, 6.07) is 0. The minimum atomic E-state index is -5.23. The van der Waals surface area contributed by atoms with E-state index >= 15 is 0 Å². The molecule has 32 heavy (non-hydrogen) atoms. The van der Waals surface area contributed by atoms with Crippen molar-refractivity contribution in [2.24, 2.45) is 0 Å². The summed E-state index contributed by atoms with van der Waals surface area (Å²) in [4.78, 5) is 63.6. The SMILES string of the molecule is C=O.O=C(CO)[C@H](O)[C@H](O)CO.O=C([C@H](O)CO)[C@H](O)[C@@H](COP(=O)(O)O)OP(=O)(O)O. The van der Waals surface area contributed by atoms with Crippen LogP contribution in [0.2, 0.25) is 0 Å². The third-order valence-corrected chi connectivity index (χ3v) is 3.89. The summed E-state index contributed by atoms with van der Waals surface area (Å²) in [7, 11) is -10.3. The van der Waals surface area contributed by atoms with Crippen LogP contribution in [-0.4, -0.2) is 131 Å². The van der Waals surface area contributed by atoms with Crippen LogP contribution in [-0.2, 0) is 32.6 Å². The minimum Gasteiger partial charge on any atom is -0.394 e. The number of hydrogen-bond donors (Lipinski definition) is 11. The van der Waals surface area contributed by atoms with Crippen molar-refractivity contribution >= 4 is 34.0 Å². The van der Waals surface area contributed by atoms with Crippen LogP contribution >= 0.6 is 15.6 Å². The van der Waals surface area contributed by atoms with E-state index in [0.29, 0.717) is 0 Å². The molecule has 0 radical (unpaired) electrons. The first-order valence-electron chi connectivity index (χ1n) is 7.84. The van der Waals surface area contributed by atoms with Crippen molar-refractivity contribution < 1.29 is 87.9 Å². The number of phosphoric acid groups is 2. The number of aliphatic hydroxyl groups is 7. The third kappa shape index (κ3) is 17.5. The minimum absolute atomic E-state index is 0.701. The molecule has 0 aliphatic rings. The zero-order valence-electron chi connectivity index (χ0n) is 16.1. The lowest BCUT2D eigenvalue weighted by atomic mass is 10.1. The molecule has 0 amide bonds. The van der Waals surface area contributed by atoms with E-state index in [4.69, 9.17) is 55.0 Å². The maximum Gasteiger partial charge on any atom is 0.470 e. The van der Waals surface area contributed by atoms with Crippen molar-refractivity contribution in [2.45, 2.75) is 30.5 Å². The molecule has 0 spiro atoms. The fraction of sp³-hybridized carbons (Fsp3) is 0.750. The fourth-order valence-electron chi connectivity index (χ4n) is 1.40. The molecule has 0 aliphatic carbocycles. The molecule has 0 rings (SSSR count). The summed E-state index contributed by atoms with van der Waals surface area (Å²) in [5, 5.41) is 60.5. The molecule has 11 N–H and O–H groups in total. The lowest BCUT2D eigenvalue weighted by molar-refractivity contribution is -0.144. The number of phosphoric ester groups is 2. The standard InChI is InChI=1S/C6H14O12P2.C5H10O5.CH2O/c7-1-3(8)5(9)6(10)4(18-20(14,15)16)2-17-19(11,12)13;6-1-3(8)5(10)4(9)2-7;1-2/h3-4,6-8,10H,1-2H2,(H2,11,12,13)(H2,14,15,16);3,5-8,10H,1-2H2;1H2/t3-,4-,6-;3-,5-;/m11./s1. The van der Waals surface area contributed by atoms with Gasteiger partial charge >= 0.3 is 15.6 Å². The first-order chi connectivity index (χ1) is 14.5. The molecule has 0 aromatic carbocycles. The number of Topliss-reactive ketones (excluding diaryl/α,β-unsaturated/α-hetero) is 2. The van der Waals surface area contributed by atoms with E-state index in [2.05, 4.69) is 9.05 Å². The van der Waals surface area contributed by atoms with Gasteiger partial charge < -0.3 is 60.1 Å². The molecule has 0 aliphatic heterocycles. The second-order valence-electron chi connectivity index (χ2n) is 5.29. The Labute approximate surface area is 179 Å². The molecule has 0 aromatic rings. The first kappa shape index (κ1) is 35.5. The number of ketones is 2. The predicted molar refractivity (Wildman–Crippen MR) is 97.3 cm³/mol. The zero-order valence-corrected chi connectivity index (χ0v) is 17.9. The quantitative estimate of drug-likeness (QED) is 0.101. The highest BCUT2D eigenvalue weighted by atomic mass is 31.2. The molecule has 0 bridgehead atoms. The van der Waals surface area contributed by atoms with Crippen LogP contribution < -0.4 is 0 Å². The van der Waals surface area contributed by atoms with Crippen LogP contribution in [0.3, 0.4) is 0 Å². The smallest absolute Gasteiger partial charge is 0.394 e. The molecule has 0 aromatic heterocycles. The number of rotatable bonds is 13. The van der Waals surface area contributed by atoms with Gasteiger partial charge in [-0.15, -0.1) is 0 Å². The van der Waals surface area contributed by atoms with E-state index in [1.165, 1.54) is 0 Å². The van der Waals surface area contributed by atoms with Crippen molar-refractivity contribution in [2.75, 3.05) is 26.4 Å². The van der Waals surface area contributed by atoms with E-state index in [-0.39, 0.29) is 0 Å². The molecule has 0 heterocycles. The molecule has 0 fully saturated rings. The molecule has 20 heteroatoms. The monoisotopic (exact) mass is 520 g/mol. The molecule has 5 atom stereocenters. The van der Waals surface area contributed by atoms with Gasteiger partial charge in [0.15, 0.2) is 11.6 Å². The summed E-state index contributed by atoms with van der Waals surface area (Å²) < 4.78 is 28.9. The topological polar surface area (TPSA) is 326 Å². The van der Waals surface area contributed by atoms with Gasteiger partial charge in [-0.1, -0.05) is 0 Å². The Balaban J connectivity index is -0.000000587. The average molecular weight is 520 g/mol. The zero-order chi connectivity index (χ0) is 26.3. The highest BCUT2D eigenvalue weighted by Gasteiger charge is 2.37. The maximum atomic E-state index is 11.3. The van der Waals surface area contributed by atoms with Crippen LogP contribution in [0.5, 0.6) is 0 Å². The van der Waals surface area contributed by atoms with Crippen molar-refractivity contribution in [1.82, 2.24) is 0 Å². The summed E-state index contributed by atoms with van der Waals surface area (Å²) >= 11 is 0. The Morgan fingerprint density at radius 2 is 1.28 bits per heavy atom. The predicted octanol–water partition coefficient (Wildman–Crippen LogP) is -6.07. The van der Waals surface area contributed by atoms with Crippen LogP contribution in [0.25, 0.3) is 0 Å². The van der Waals surface area contributed by atoms with Crippen LogP contribution in [0, 0.1) is 0 Å². The highest BCUT2D eigenvalue weighted by Crippen LogP contribution is 2.41. The van der Waals surface area contributed by atoms with Gasteiger partial charge in [-0.2, -0.15) is 0 Å². The molecule has 0 saturated heterocycles. The van der Waals surface area contributed by atoms with Gasteiger partial charge in [-0.25, -0.2) is 9.13 Å². The van der Waals surface area contributed by atoms with Crippen molar-refractivity contribution in [3.05, 3.63) is 0 Å². The van der Waals surface area contributed by atoms with Gasteiger partial charge in [0.1, 0.15) is 43.9 Å². The lowest BCUT2D eigenvalue weighted by Crippen LogP contribution is -2.44. The largest absolute Gasteiger partial charge is 0.470 e. The van der Waals surface area contributed by atoms with Crippen LogP contribution in [0.1, 0.15) is 0 Å². The van der Waals surface area contributed by atoms with E-state index in [1.807, 2.05) is 6.79 Å². The van der Waals surface area contributed by atoms with Crippen molar-refractivity contribution in [3.63, 3.8) is 0 Å². The summed E-state index contributed by atoms with van der Waals surface area (Å²) in [5.74, 6) is -2.37. The molecule has 18 nitrogen and oxygen atoms in total. The Kier molecular flexibility index (Phi) is 19.4. The average Bonchev–Trinajstić information content (AvgIpc) is 2.73. The normalized spacial score (nSPS) is 16.2. The molecule has 0 unspecified atom stereocenters. The van der Waals surface area contributed by atoms with E-state index in [9.17, 15) is 23.8 Å². The Hall–Kier alpha value is -1.05. The van der Waals surface area contributed by atoms with Crippen molar-refractivity contribution in [3.8, 4) is 0 Å². The lowest BCUT2D eigenvalue weighted by Gasteiger charge is -2.23. The Morgan fingerprint density at radius 3 is 1.59 bits per heavy atom. The summed E-state index contributed by atoms with van der Waals surface area (Å²) in [5.41, 5.74) is 0. The van der Waals surface area contributed by atoms with Crippen LogP contribution in [0.4, 0.5) is 0 Å². The number of aliphatic hydroxyl groups excluding tert-OH is 7. The van der Waals surface area contributed by atoms with Gasteiger partial charge in [0.2, 0.25) is 0 Å². The van der Waals surface area contributed by atoms with Gasteiger partial charge in [-0.3, -0.25) is 18.6 Å². The Bertz CT molecular complexity index is 629. The third-order valence-electron chi connectivity index (χ3n) is 2.86. The van der Waals surface area contributed by atoms with E-state index in [0.717, 1.165) is 0 Å². The van der Waals surface area contributed by atoms with Crippen molar-refractivity contribution in [1.29, 1.82) is 0 Å². The molecular weight excluding hydrogens is 494 g/mol. The summed E-state index contributed by atoms with van der Waals surface area (Å²) in [6.45, 7) is -1.87. The molecule has 192 valence electrons. The summed E-state index contributed by atoms with van der Waals surface area (Å²) in [6.07, 6.45) is -9.81. The second-order valence-corrected chi connectivity index (χ2v) is 7.72. The van der Waals surface area contributed by atoms with Gasteiger partial charge in [0, 0.05) is 0 Å². The maximum absolute atomic E-state index is 11.3. The Morgan fingerprint density at radius 1 is 0.812 bits per heavy atom. The van der Waals surface area contributed by atoms with E-state index < -0.39 is 84.2 Å². The number of carbonyl (C=O) groups excluding carboxylic acids is 3. The fourth-order valence-corrected chi connectivity index (χ4v) is 2.27. The van der Waals surface area contributed by atoms with Gasteiger partial charge in [-0.05, 0) is 0 Å².